The van der Waals surface area contributed by atoms with Crippen molar-refractivity contribution in [2.75, 3.05) is 16.6 Å². The van der Waals surface area contributed by atoms with Crippen LogP contribution in [0.25, 0.3) is 0 Å². The van der Waals surface area contributed by atoms with Crippen molar-refractivity contribution < 1.29 is 17.9 Å². The number of hydrogen-bond acceptors (Lipinski definition) is 6. The lowest BCUT2D eigenvalue weighted by atomic mass is 10.3. The van der Waals surface area contributed by atoms with Crippen LogP contribution < -0.4 is 14.8 Å². The van der Waals surface area contributed by atoms with Gasteiger partial charge in [-0.3, -0.25) is 4.79 Å². The Kier molecular flexibility index (Phi) is 6.68. The standard InChI is InChI=1S/C18H14BrClN4O4S/c19-12-2-7-16(15(20)10-12)28-11-17(25)23-13-3-5-14(6-4-13)29(26,27)24-18-21-8-1-9-22-18/h1-10H,11H2,(H,23,25)(H,21,22,24). The summed E-state index contributed by atoms with van der Waals surface area (Å²) in [5.74, 6) is -0.0790. The highest BCUT2D eigenvalue weighted by Gasteiger charge is 2.15. The first-order chi connectivity index (χ1) is 13.8. The average Bonchev–Trinajstić information content (AvgIpc) is 2.68. The number of sulfonamides is 1. The van der Waals surface area contributed by atoms with Crippen LogP contribution in [0, 0.1) is 0 Å². The molecule has 2 N–H and O–H groups in total. The summed E-state index contributed by atoms with van der Waals surface area (Å²) in [5.41, 5.74) is 0.412. The first-order valence-electron chi connectivity index (χ1n) is 8.11. The third-order valence-electron chi connectivity index (χ3n) is 3.49. The molecule has 0 fully saturated rings. The van der Waals surface area contributed by atoms with E-state index < -0.39 is 15.9 Å². The van der Waals surface area contributed by atoms with Crippen molar-refractivity contribution in [1.29, 1.82) is 0 Å². The summed E-state index contributed by atoms with van der Waals surface area (Å²) in [6, 6.07) is 12.2. The summed E-state index contributed by atoms with van der Waals surface area (Å²) in [7, 11) is -3.84. The van der Waals surface area contributed by atoms with Crippen molar-refractivity contribution in [2.24, 2.45) is 0 Å². The van der Waals surface area contributed by atoms with Crippen LogP contribution in [-0.4, -0.2) is 30.9 Å². The van der Waals surface area contributed by atoms with Crippen molar-refractivity contribution in [3.63, 3.8) is 0 Å². The lowest BCUT2D eigenvalue weighted by Crippen LogP contribution is -2.20. The van der Waals surface area contributed by atoms with Crippen LogP contribution in [0.4, 0.5) is 11.6 Å². The topological polar surface area (TPSA) is 110 Å². The number of amides is 1. The van der Waals surface area contributed by atoms with Crippen LogP contribution in [0.15, 0.2) is 70.3 Å². The third-order valence-corrected chi connectivity index (χ3v) is 5.63. The van der Waals surface area contributed by atoms with Crippen molar-refractivity contribution in [3.8, 4) is 5.75 Å². The van der Waals surface area contributed by atoms with E-state index in [1.165, 1.54) is 36.7 Å². The molecule has 8 nitrogen and oxygen atoms in total. The molecule has 2 aromatic carbocycles. The molecule has 1 heterocycles. The van der Waals surface area contributed by atoms with Gasteiger partial charge in [0.1, 0.15) is 5.75 Å². The predicted molar refractivity (Wildman–Crippen MR) is 113 cm³/mol. The molecule has 1 amide bonds. The van der Waals surface area contributed by atoms with E-state index in [0.29, 0.717) is 16.5 Å². The Morgan fingerprint density at radius 2 is 1.79 bits per heavy atom. The fourth-order valence-corrected chi connectivity index (χ4v) is 3.87. The number of anilines is 2. The number of ether oxygens (including phenoxy) is 1. The number of benzene rings is 2. The van der Waals surface area contributed by atoms with Crippen LogP contribution >= 0.6 is 27.5 Å². The maximum Gasteiger partial charge on any atom is 0.264 e. The number of nitrogens with one attached hydrogen (secondary N) is 2. The molecule has 29 heavy (non-hydrogen) atoms. The second kappa shape index (κ2) is 9.21. The average molecular weight is 498 g/mol. The van der Waals surface area contributed by atoms with E-state index >= 15 is 0 Å². The van der Waals surface area contributed by atoms with Gasteiger partial charge in [0.25, 0.3) is 15.9 Å². The molecule has 0 unspecified atom stereocenters. The normalized spacial score (nSPS) is 11.0. The molecule has 0 radical (unpaired) electrons. The Hall–Kier alpha value is -2.69. The summed E-state index contributed by atoms with van der Waals surface area (Å²) >= 11 is 9.32. The minimum absolute atomic E-state index is 0.000784. The maximum atomic E-state index is 12.3. The number of carbonyl (C=O) groups excluding carboxylic acids is 1. The van der Waals surface area contributed by atoms with Crippen LogP contribution in [0.3, 0.4) is 0 Å². The smallest absolute Gasteiger partial charge is 0.264 e. The third kappa shape index (κ3) is 5.89. The summed E-state index contributed by atoms with van der Waals surface area (Å²) in [6.45, 7) is -0.256. The number of nitrogens with zero attached hydrogens (tertiary/aromatic N) is 2. The van der Waals surface area contributed by atoms with Gasteiger partial charge in [0.05, 0.1) is 9.92 Å². The summed E-state index contributed by atoms with van der Waals surface area (Å²) < 4.78 is 33.1. The van der Waals surface area contributed by atoms with Gasteiger partial charge in [-0.1, -0.05) is 27.5 Å². The summed E-state index contributed by atoms with van der Waals surface area (Å²) in [4.78, 5) is 19.7. The fourth-order valence-electron chi connectivity index (χ4n) is 2.18. The molecule has 3 rings (SSSR count). The Bertz CT molecular complexity index is 1110. The molecule has 0 bridgehead atoms. The number of carbonyl (C=O) groups is 1. The second-order valence-corrected chi connectivity index (χ2v) is 8.62. The fraction of sp³-hybridized carbons (Fsp3) is 0.0556. The molecule has 11 heteroatoms. The Balaban J connectivity index is 1.59. The van der Waals surface area contributed by atoms with Gasteiger partial charge in [-0.25, -0.2) is 23.1 Å². The van der Waals surface area contributed by atoms with E-state index in [9.17, 15) is 13.2 Å². The molecule has 0 saturated carbocycles. The van der Waals surface area contributed by atoms with Gasteiger partial charge in [-0.15, -0.1) is 0 Å². The highest BCUT2D eigenvalue weighted by Crippen LogP contribution is 2.27. The molecule has 0 aliphatic heterocycles. The monoisotopic (exact) mass is 496 g/mol. The maximum absolute atomic E-state index is 12.3. The van der Waals surface area contributed by atoms with E-state index in [-0.39, 0.29) is 17.5 Å². The number of halogens is 2. The minimum Gasteiger partial charge on any atom is -0.482 e. The van der Waals surface area contributed by atoms with Gasteiger partial charge in [0.15, 0.2) is 6.61 Å². The summed E-state index contributed by atoms with van der Waals surface area (Å²) in [6.07, 6.45) is 2.85. The summed E-state index contributed by atoms with van der Waals surface area (Å²) in [5, 5.41) is 2.99. The number of hydrogen-bond donors (Lipinski definition) is 2. The van der Waals surface area contributed by atoms with Gasteiger partial charge in [-0.2, -0.15) is 0 Å². The molecular weight excluding hydrogens is 484 g/mol. The molecule has 1 aromatic heterocycles. The van der Waals surface area contributed by atoms with Crippen LogP contribution in [0.1, 0.15) is 0 Å². The number of rotatable bonds is 7. The molecule has 0 aliphatic carbocycles. The first kappa shape index (κ1) is 21.0. The van der Waals surface area contributed by atoms with Crippen molar-refractivity contribution in [3.05, 3.63) is 70.4 Å². The van der Waals surface area contributed by atoms with E-state index in [4.69, 9.17) is 16.3 Å². The second-order valence-electron chi connectivity index (χ2n) is 5.61. The van der Waals surface area contributed by atoms with Crippen LogP contribution in [-0.2, 0) is 14.8 Å². The largest absolute Gasteiger partial charge is 0.482 e. The van der Waals surface area contributed by atoms with E-state index in [0.717, 1.165) is 4.47 Å². The van der Waals surface area contributed by atoms with Gasteiger partial charge in [-0.05, 0) is 48.5 Å². The Morgan fingerprint density at radius 1 is 1.10 bits per heavy atom. The molecule has 0 atom stereocenters. The molecule has 3 aromatic rings. The van der Waals surface area contributed by atoms with Crippen molar-refractivity contribution >= 4 is 55.1 Å². The zero-order chi connectivity index (χ0) is 20.9. The van der Waals surface area contributed by atoms with E-state index in [2.05, 4.69) is 35.9 Å². The highest BCUT2D eigenvalue weighted by atomic mass is 79.9. The Morgan fingerprint density at radius 3 is 2.45 bits per heavy atom. The zero-order valence-electron chi connectivity index (χ0n) is 14.7. The molecule has 0 spiro atoms. The van der Waals surface area contributed by atoms with Crippen LogP contribution in [0.5, 0.6) is 5.75 Å². The van der Waals surface area contributed by atoms with Crippen molar-refractivity contribution in [1.82, 2.24) is 9.97 Å². The highest BCUT2D eigenvalue weighted by molar-refractivity contribution is 9.10. The van der Waals surface area contributed by atoms with Crippen LogP contribution in [0.2, 0.25) is 5.02 Å². The molecule has 150 valence electrons. The predicted octanol–water partition coefficient (Wildman–Crippen LogP) is 3.71. The molecular formula is C18H14BrClN4O4S. The van der Waals surface area contributed by atoms with Gasteiger partial charge >= 0.3 is 0 Å². The molecule has 0 aliphatic rings. The van der Waals surface area contributed by atoms with E-state index in [1.807, 2.05) is 0 Å². The quantitative estimate of drug-likeness (QED) is 0.515. The first-order valence-corrected chi connectivity index (χ1v) is 10.8. The zero-order valence-corrected chi connectivity index (χ0v) is 17.8. The SMILES string of the molecule is O=C(COc1ccc(Br)cc1Cl)Nc1ccc(S(=O)(=O)Nc2ncccn2)cc1. The van der Waals surface area contributed by atoms with E-state index in [1.54, 1.807) is 24.3 Å². The van der Waals surface area contributed by atoms with Gasteiger partial charge in [0.2, 0.25) is 5.95 Å². The minimum atomic E-state index is -3.84. The van der Waals surface area contributed by atoms with Crippen molar-refractivity contribution in [2.45, 2.75) is 4.90 Å². The Labute approximate surface area is 180 Å². The lowest BCUT2D eigenvalue weighted by Gasteiger charge is -2.10. The lowest BCUT2D eigenvalue weighted by molar-refractivity contribution is -0.118. The number of aromatic nitrogens is 2. The van der Waals surface area contributed by atoms with Gasteiger partial charge in [0, 0.05) is 22.6 Å². The molecule has 0 saturated heterocycles. The van der Waals surface area contributed by atoms with Gasteiger partial charge < -0.3 is 10.1 Å².